The van der Waals surface area contributed by atoms with E-state index in [1.807, 2.05) is 24.6 Å². The van der Waals surface area contributed by atoms with Gasteiger partial charge < -0.3 is 19.4 Å². The molecular formula is C42H52N6O5S. The van der Waals surface area contributed by atoms with Gasteiger partial charge in [-0.1, -0.05) is 33.8 Å². The van der Waals surface area contributed by atoms with Gasteiger partial charge in [0.2, 0.25) is 5.91 Å². The van der Waals surface area contributed by atoms with E-state index in [1.54, 1.807) is 12.1 Å². The summed E-state index contributed by atoms with van der Waals surface area (Å²) in [7, 11) is 1.70. The average Bonchev–Trinajstić information content (AvgIpc) is 3.91. The number of nitrogens with one attached hydrogen (secondary N) is 2. The van der Waals surface area contributed by atoms with Crippen LogP contribution in [0.2, 0.25) is 0 Å². The maximum atomic E-state index is 14.4. The number of fused-ring (bicyclic) bond motifs is 6. The second-order valence-corrected chi connectivity index (χ2v) is 18.0. The Bertz CT molecular complexity index is 2110. The van der Waals surface area contributed by atoms with Crippen molar-refractivity contribution in [2.24, 2.45) is 28.6 Å². The smallest absolute Gasteiger partial charge is 0.325 e. The van der Waals surface area contributed by atoms with Crippen molar-refractivity contribution in [1.82, 2.24) is 30.3 Å². The number of hydrazine groups is 1. The lowest BCUT2D eigenvalue weighted by Crippen LogP contribution is -2.63. The highest BCUT2D eigenvalue weighted by Gasteiger charge is 2.53. The van der Waals surface area contributed by atoms with Crippen LogP contribution in [0.4, 0.5) is 0 Å². The molecule has 12 heteroatoms. The summed E-state index contributed by atoms with van der Waals surface area (Å²) < 4.78 is 14.3. The van der Waals surface area contributed by atoms with Crippen LogP contribution in [0.5, 0.6) is 0 Å². The van der Waals surface area contributed by atoms with E-state index in [9.17, 15) is 14.4 Å². The molecule has 2 aliphatic heterocycles. The van der Waals surface area contributed by atoms with E-state index >= 15 is 0 Å². The van der Waals surface area contributed by atoms with E-state index in [1.165, 1.54) is 11.3 Å². The molecule has 2 aliphatic carbocycles. The number of hydrogen-bond donors (Lipinski definition) is 2. The Balaban J connectivity index is 1.25. The predicted molar refractivity (Wildman–Crippen MR) is 208 cm³/mol. The van der Waals surface area contributed by atoms with E-state index in [2.05, 4.69) is 74.2 Å². The number of rotatable bonds is 6. The molecule has 1 spiro atoms. The number of carbonyl (C=O) groups is 3. The highest BCUT2D eigenvalue weighted by atomic mass is 32.1. The summed E-state index contributed by atoms with van der Waals surface area (Å²) in [6, 6.07) is 9.10. The number of ether oxygens (including phenoxy) is 2. The quantitative estimate of drug-likeness (QED) is 0.214. The average molecular weight is 753 g/mol. The van der Waals surface area contributed by atoms with Crippen LogP contribution < -0.4 is 10.7 Å². The molecule has 1 unspecified atom stereocenters. The molecule has 3 aromatic heterocycles. The molecule has 2 amide bonds. The first-order valence-electron chi connectivity index (χ1n) is 19.4. The van der Waals surface area contributed by atoms with E-state index < -0.39 is 17.5 Å². The summed E-state index contributed by atoms with van der Waals surface area (Å²) in [5.41, 5.74) is 9.69. The van der Waals surface area contributed by atoms with Crippen molar-refractivity contribution in [3.05, 3.63) is 58.2 Å². The molecule has 11 nitrogen and oxygen atoms in total. The topological polar surface area (TPSA) is 128 Å². The Kier molecular flexibility index (Phi) is 9.46. The Morgan fingerprint density at radius 3 is 2.67 bits per heavy atom. The fraction of sp³-hybridized carbons (Fsp3) is 0.548. The first-order valence-corrected chi connectivity index (χ1v) is 20.3. The van der Waals surface area contributed by atoms with Gasteiger partial charge in [-0.25, -0.2) is 10.4 Å². The maximum Gasteiger partial charge on any atom is 0.325 e. The lowest BCUT2D eigenvalue weighted by molar-refractivity contribution is -0.157. The second kappa shape index (κ2) is 13.9. The standard InChI is InChI=1S/C42H52N6O5S/c1-8-47-33-12-11-26-16-28(33)29(37(47)27-10-9-15-43-36(27)25(4)52-7)18-41(5,6)22-53-40(51)31-19-42(13-14-42)21-48(46-31)39(50)30(17-34-44-32(26)20-54-34)45-38(49)35-23(2)24(35)3/h9-12,15-16,20,23-25,30-31,35,46H,8,13-14,17-19,21-22H2,1-7H3,(H,45,49)/t23-,24+,25-,30-,31-,35?/m0/s1. The van der Waals surface area contributed by atoms with Gasteiger partial charge in [0.05, 0.1) is 34.8 Å². The molecular weight excluding hydrogens is 701 g/mol. The fourth-order valence-electron chi connectivity index (χ4n) is 8.79. The molecule has 0 radical (unpaired) electrons. The molecule has 286 valence electrons. The highest BCUT2D eigenvalue weighted by Crippen LogP contribution is 2.52. The number of benzene rings is 1. The molecule has 8 rings (SSSR count). The van der Waals surface area contributed by atoms with Crippen molar-refractivity contribution >= 4 is 40.0 Å². The third-order valence-electron chi connectivity index (χ3n) is 12.5. The molecule has 54 heavy (non-hydrogen) atoms. The summed E-state index contributed by atoms with van der Waals surface area (Å²) in [4.78, 5) is 51.7. The Hall–Kier alpha value is -4.13. The van der Waals surface area contributed by atoms with Crippen molar-refractivity contribution in [2.45, 2.75) is 98.4 Å². The number of carbonyl (C=O) groups excluding carboxylic acids is 3. The van der Waals surface area contributed by atoms with E-state index in [-0.39, 0.29) is 60.1 Å². The van der Waals surface area contributed by atoms with Gasteiger partial charge in [-0.05, 0) is 86.6 Å². The molecule has 6 bridgehead atoms. The zero-order valence-electron chi connectivity index (χ0n) is 32.4. The molecule has 3 fully saturated rings. The molecule has 4 aromatic rings. The first-order chi connectivity index (χ1) is 25.8. The lowest BCUT2D eigenvalue weighted by atomic mass is 9.84. The SMILES string of the molecule is CCn1c(-c2cccnc2[C@H](C)OC)c2c3cc(ccc31)-c1csc(n1)C[C@H](NC(=O)C1[C@@H](C)[C@H]1C)C(=O)N1CC3(CC3)C[C@H](N1)C(=O)OCC(C)(C)C2. The van der Waals surface area contributed by atoms with Gasteiger partial charge in [0.15, 0.2) is 0 Å². The van der Waals surface area contributed by atoms with E-state index in [0.29, 0.717) is 19.4 Å². The summed E-state index contributed by atoms with van der Waals surface area (Å²) in [5, 5.41) is 8.61. The zero-order valence-corrected chi connectivity index (χ0v) is 33.2. The van der Waals surface area contributed by atoms with Crippen LogP contribution in [0.3, 0.4) is 0 Å². The Morgan fingerprint density at radius 1 is 1.19 bits per heavy atom. The van der Waals surface area contributed by atoms with Crippen molar-refractivity contribution < 1.29 is 23.9 Å². The third-order valence-corrected chi connectivity index (χ3v) is 13.4. The fourth-order valence-corrected chi connectivity index (χ4v) is 9.64. The maximum absolute atomic E-state index is 14.4. The molecule has 2 N–H and O–H groups in total. The lowest BCUT2D eigenvalue weighted by Gasteiger charge is -2.39. The first kappa shape index (κ1) is 36.8. The van der Waals surface area contributed by atoms with Crippen LogP contribution in [0.15, 0.2) is 41.9 Å². The van der Waals surface area contributed by atoms with Gasteiger partial charge in [-0.2, -0.15) is 0 Å². The molecule has 4 aliphatic rings. The summed E-state index contributed by atoms with van der Waals surface area (Å²) in [6.45, 7) is 14.0. The van der Waals surface area contributed by atoms with Gasteiger partial charge in [0.1, 0.15) is 12.1 Å². The van der Waals surface area contributed by atoms with Crippen LogP contribution in [-0.4, -0.2) is 69.7 Å². The van der Waals surface area contributed by atoms with Crippen LogP contribution in [0, 0.1) is 28.6 Å². The van der Waals surface area contributed by atoms with Crippen LogP contribution in [0.1, 0.15) is 83.2 Å². The normalized spacial score (nSPS) is 26.6. The molecule has 5 heterocycles. The van der Waals surface area contributed by atoms with E-state index in [0.717, 1.165) is 69.1 Å². The number of hydrogen-bond acceptors (Lipinski definition) is 9. The number of aryl methyl sites for hydroxylation is 1. The van der Waals surface area contributed by atoms with Crippen LogP contribution >= 0.6 is 11.3 Å². The third kappa shape index (κ3) is 6.74. The monoisotopic (exact) mass is 752 g/mol. The number of esters is 1. The minimum atomic E-state index is -0.828. The number of thiazole rings is 1. The van der Waals surface area contributed by atoms with Crippen molar-refractivity contribution in [2.75, 3.05) is 20.3 Å². The predicted octanol–water partition coefficient (Wildman–Crippen LogP) is 6.49. The number of nitrogens with zero attached hydrogens (tertiary/aromatic N) is 4. The van der Waals surface area contributed by atoms with Gasteiger partial charge in [0.25, 0.3) is 5.91 Å². The van der Waals surface area contributed by atoms with Gasteiger partial charge in [-0.15, -0.1) is 11.3 Å². The summed E-state index contributed by atoms with van der Waals surface area (Å²) >= 11 is 1.50. The number of methoxy groups -OCH3 is 1. The van der Waals surface area contributed by atoms with Gasteiger partial charge in [-0.3, -0.25) is 24.4 Å². The number of amides is 2. The summed E-state index contributed by atoms with van der Waals surface area (Å²) in [5.74, 6) is -0.283. The van der Waals surface area contributed by atoms with Crippen molar-refractivity contribution in [3.63, 3.8) is 0 Å². The number of cyclic esters (lactones) is 1. The minimum Gasteiger partial charge on any atom is -0.464 e. The highest BCUT2D eigenvalue weighted by molar-refractivity contribution is 7.10. The molecule has 1 saturated heterocycles. The molecule has 2 saturated carbocycles. The Labute approximate surface area is 321 Å². The zero-order chi connectivity index (χ0) is 38.1. The van der Waals surface area contributed by atoms with Gasteiger partial charge >= 0.3 is 5.97 Å². The minimum absolute atomic E-state index is 0.102. The van der Waals surface area contributed by atoms with E-state index in [4.69, 9.17) is 19.4 Å². The van der Waals surface area contributed by atoms with Crippen LogP contribution in [0.25, 0.3) is 33.4 Å². The number of aromatic nitrogens is 3. The van der Waals surface area contributed by atoms with Gasteiger partial charge in [0, 0.05) is 71.6 Å². The Morgan fingerprint density at radius 2 is 1.96 bits per heavy atom. The number of pyridine rings is 1. The summed E-state index contributed by atoms with van der Waals surface area (Å²) in [6.07, 6.45) is 4.98. The molecule has 1 aromatic carbocycles. The van der Waals surface area contributed by atoms with Crippen LogP contribution in [-0.2, 0) is 43.2 Å². The molecule has 6 atom stereocenters. The van der Waals surface area contributed by atoms with Crippen molar-refractivity contribution in [3.8, 4) is 22.5 Å². The largest absolute Gasteiger partial charge is 0.464 e. The van der Waals surface area contributed by atoms with Crippen molar-refractivity contribution in [1.29, 1.82) is 0 Å². The second-order valence-electron chi connectivity index (χ2n) is 17.0.